The van der Waals surface area contributed by atoms with Gasteiger partial charge in [0.2, 0.25) is 0 Å². The fourth-order valence-electron chi connectivity index (χ4n) is 5.50. The average Bonchev–Trinajstić information content (AvgIpc) is 3.66. The molecular weight excluding hydrogens is 456 g/mol. The van der Waals surface area contributed by atoms with E-state index in [4.69, 9.17) is 5.73 Å². The first-order valence-electron chi connectivity index (χ1n) is 12.9. The minimum Gasteiger partial charge on any atom is -0.384 e. The number of nitrogens with one attached hydrogen (secondary N) is 3. The molecule has 3 amide bonds. The van der Waals surface area contributed by atoms with Gasteiger partial charge in [0.15, 0.2) is 0 Å². The third-order valence-electron chi connectivity index (χ3n) is 7.51. The zero-order chi connectivity index (χ0) is 25.2. The van der Waals surface area contributed by atoms with Crippen LogP contribution in [0.25, 0.3) is 0 Å². The number of pyridine rings is 1. The molecule has 1 aliphatic carbocycles. The maximum absolute atomic E-state index is 13.1. The van der Waals surface area contributed by atoms with E-state index < -0.39 is 5.91 Å². The highest BCUT2D eigenvalue weighted by Crippen LogP contribution is 2.38. The van der Waals surface area contributed by atoms with Gasteiger partial charge >= 0.3 is 0 Å². The minimum atomic E-state index is -0.503. The number of primary amides is 1. The van der Waals surface area contributed by atoms with Crippen LogP contribution in [0.5, 0.6) is 0 Å². The number of nitrogens with two attached hydrogens (primary N) is 1. The summed E-state index contributed by atoms with van der Waals surface area (Å²) >= 11 is 0. The number of fused-ring (bicyclic) bond motifs is 2. The number of nitrogens with zero attached hydrogens (tertiary/aromatic N) is 2. The van der Waals surface area contributed by atoms with Gasteiger partial charge in [0.1, 0.15) is 5.82 Å². The van der Waals surface area contributed by atoms with E-state index in [2.05, 4.69) is 25.8 Å². The highest BCUT2D eigenvalue weighted by molar-refractivity contribution is 6.02. The molecule has 1 aromatic carbocycles. The fraction of sp³-hybridized carbons (Fsp3) is 0.481. The second-order valence-corrected chi connectivity index (χ2v) is 10.1. The van der Waals surface area contributed by atoms with E-state index in [0.29, 0.717) is 46.9 Å². The molecular formula is C27H34N6O3. The maximum atomic E-state index is 13.1. The van der Waals surface area contributed by atoms with Crippen LogP contribution >= 0.6 is 0 Å². The largest absolute Gasteiger partial charge is 0.384 e. The van der Waals surface area contributed by atoms with Crippen LogP contribution in [-0.4, -0.2) is 53.9 Å². The van der Waals surface area contributed by atoms with Crippen LogP contribution in [0.4, 0.5) is 11.5 Å². The molecule has 5 N–H and O–H groups in total. The van der Waals surface area contributed by atoms with Crippen LogP contribution < -0.4 is 26.6 Å². The molecule has 1 aromatic heterocycles. The van der Waals surface area contributed by atoms with Crippen LogP contribution in [0.2, 0.25) is 0 Å². The van der Waals surface area contributed by atoms with Gasteiger partial charge in [-0.2, -0.15) is 0 Å². The number of hydrogen-bond donors (Lipinski definition) is 4. The Kier molecular flexibility index (Phi) is 6.80. The molecule has 2 atom stereocenters. The number of benzene rings is 1. The third-order valence-corrected chi connectivity index (χ3v) is 7.51. The molecule has 2 saturated heterocycles. The number of rotatable bonds is 9. The number of amides is 3. The monoisotopic (exact) mass is 490 g/mol. The predicted octanol–water partition coefficient (Wildman–Crippen LogP) is 2.68. The zero-order valence-electron chi connectivity index (χ0n) is 20.6. The summed E-state index contributed by atoms with van der Waals surface area (Å²) in [6.45, 7) is 3.25. The number of aromatic nitrogens is 1. The molecule has 3 heterocycles. The molecule has 3 fully saturated rings. The highest BCUT2D eigenvalue weighted by Gasteiger charge is 2.41. The molecule has 5 rings (SSSR count). The van der Waals surface area contributed by atoms with Crippen molar-refractivity contribution in [2.75, 3.05) is 23.3 Å². The zero-order valence-corrected chi connectivity index (χ0v) is 20.6. The molecule has 9 heteroatoms. The lowest BCUT2D eigenvalue weighted by molar-refractivity contribution is 0.0923. The van der Waals surface area contributed by atoms with Crippen LogP contribution in [0.15, 0.2) is 36.5 Å². The maximum Gasteiger partial charge on any atom is 0.252 e. The van der Waals surface area contributed by atoms with Crippen molar-refractivity contribution in [3.05, 3.63) is 53.2 Å². The van der Waals surface area contributed by atoms with Gasteiger partial charge < -0.3 is 26.6 Å². The van der Waals surface area contributed by atoms with Crippen molar-refractivity contribution in [2.45, 2.75) is 63.6 Å². The Bertz CT molecular complexity index is 1130. The van der Waals surface area contributed by atoms with Gasteiger partial charge in [-0.15, -0.1) is 0 Å². The van der Waals surface area contributed by atoms with Crippen LogP contribution in [0.1, 0.15) is 76.5 Å². The van der Waals surface area contributed by atoms with Gasteiger partial charge in [-0.05, 0) is 81.7 Å². The average molecular weight is 491 g/mol. The van der Waals surface area contributed by atoms with Crippen LogP contribution in [0, 0.1) is 5.92 Å². The molecule has 0 radical (unpaired) electrons. The van der Waals surface area contributed by atoms with Gasteiger partial charge in [0.25, 0.3) is 17.7 Å². The second-order valence-electron chi connectivity index (χ2n) is 10.1. The smallest absolute Gasteiger partial charge is 0.252 e. The van der Waals surface area contributed by atoms with Crippen molar-refractivity contribution in [1.82, 2.24) is 15.6 Å². The molecule has 190 valence electrons. The molecule has 2 aliphatic heterocycles. The Morgan fingerprint density at radius 2 is 1.72 bits per heavy atom. The lowest BCUT2D eigenvalue weighted by Crippen LogP contribution is -2.50. The Hall–Kier alpha value is -3.62. The summed E-state index contributed by atoms with van der Waals surface area (Å²) in [4.78, 5) is 43.9. The predicted molar refractivity (Wildman–Crippen MR) is 138 cm³/mol. The molecule has 3 aliphatic rings. The quantitative estimate of drug-likeness (QED) is 0.428. The first kappa shape index (κ1) is 24.1. The van der Waals surface area contributed by atoms with Gasteiger partial charge in [-0.3, -0.25) is 14.4 Å². The Morgan fingerprint density at radius 3 is 2.33 bits per heavy atom. The van der Waals surface area contributed by atoms with Crippen molar-refractivity contribution in [2.24, 2.45) is 11.7 Å². The van der Waals surface area contributed by atoms with E-state index in [1.165, 1.54) is 12.8 Å². The van der Waals surface area contributed by atoms with E-state index in [-0.39, 0.29) is 17.9 Å². The van der Waals surface area contributed by atoms with Gasteiger partial charge in [-0.25, -0.2) is 4.98 Å². The fourth-order valence-corrected chi connectivity index (χ4v) is 5.50. The number of piperidine rings is 1. The van der Waals surface area contributed by atoms with Crippen molar-refractivity contribution < 1.29 is 14.4 Å². The van der Waals surface area contributed by atoms with E-state index in [1.807, 2.05) is 19.1 Å². The van der Waals surface area contributed by atoms with Crippen molar-refractivity contribution in [1.29, 1.82) is 0 Å². The van der Waals surface area contributed by atoms with Crippen molar-refractivity contribution in [3.8, 4) is 0 Å². The molecule has 1 saturated carbocycles. The first-order valence-corrected chi connectivity index (χ1v) is 12.9. The lowest BCUT2D eigenvalue weighted by atomic mass is 9.96. The van der Waals surface area contributed by atoms with E-state index in [1.54, 1.807) is 24.4 Å². The number of carbonyl (C=O) groups excluding carboxylic acids is 3. The normalized spacial score (nSPS) is 22.7. The summed E-state index contributed by atoms with van der Waals surface area (Å²) in [5, 5.41) is 9.31. The lowest BCUT2D eigenvalue weighted by Gasteiger charge is -2.40. The number of anilines is 2. The van der Waals surface area contributed by atoms with Crippen molar-refractivity contribution in [3.63, 3.8) is 0 Å². The number of carbonyl (C=O) groups is 3. The third kappa shape index (κ3) is 5.15. The van der Waals surface area contributed by atoms with Crippen LogP contribution in [-0.2, 0) is 0 Å². The topological polar surface area (TPSA) is 129 Å². The Balaban J connectivity index is 1.23. The summed E-state index contributed by atoms with van der Waals surface area (Å²) in [6.07, 6.45) is 7.81. The highest BCUT2D eigenvalue weighted by atomic mass is 16.2. The number of hydrogen-bond acceptors (Lipinski definition) is 6. The summed E-state index contributed by atoms with van der Waals surface area (Å²) < 4.78 is 0. The summed E-state index contributed by atoms with van der Waals surface area (Å²) in [5.41, 5.74) is 7.65. The molecule has 36 heavy (non-hydrogen) atoms. The van der Waals surface area contributed by atoms with E-state index in [0.717, 1.165) is 38.0 Å². The van der Waals surface area contributed by atoms with Gasteiger partial charge in [0, 0.05) is 48.7 Å². The second kappa shape index (κ2) is 10.2. The summed E-state index contributed by atoms with van der Waals surface area (Å²) in [5.74, 6) is 0.757. The van der Waals surface area contributed by atoms with Crippen LogP contribution in [0.3, 0.4) is 0 Å². The van der Waals surface area contributed by atoms with Gasteiger partial charge in [0.05, 0.1) is 11.1 Å². The Labute approximate surface area is 211 Å². The molecule has 0 spiro atoms. The van der Waals surface area contributed by atoms with E-state index >= 15 is 0 Å². The Morgan fingerprint density at radius 1 is 1.00 bits per heavy atom. The van der Waals surface area contributed by atoms with Crippen molar-refractivity contribution >= 4 is 29.2 Å². The molecule has 2 bridgehead atoms. The molecule has 2 unspecified atom stereocenters. The van der Waals surface area contributed by atoms with Gasteiger partial charge in [-0.1, -0.05) is 0 Å². The SMILES string of the molecule is CCNC(=O)c1ccc(N2C3CCC2CC(NC(=O)c2ccc(C(N)=O)c(NCC4CC4)c2)C3)nc1. The summed E-state index contributed by atoms with van der Waals surface area (Å²) in [7, 11) is 0. The first-order chi connectivity index (χ1) is 17.4. The molecule has 2 aromatic rings. The minimum absolute atomic E-state index is 0.0690. The standard InChI is InChI=1S/C27H34N6O3/c1-2-29-26(35)18-6-10-24(31-15-18)33-20-7-8-21(33)13-19(12-20)32-27(36)17-5-9-22(25(28)34)23(11-17)30-14-16-3-4-16/h5-6,9-11,15-16,19-21,30H,2-4,7-8,12-14H2,1H3,(H2,28,34)(H,29,35)(H,32,36). The van der Waals surface area contributed by atoms with E-state index in [9.17, 15) is 14.4 Å². The molecule has 9 nitrogen and oxygen atoms in total. The summed E-state index contributed by atoms with van der Waals surface area (Å²) in [6, 6.07) is 9.45.